The van der Waals surface area contributed by atoms with Crippen molar-refractivity contribution >= 4 is 35.8 Å². The number of likely N-dealkylation sites (tertiary alicyclic amines) is 1. The lowest BCUT2D eigenvalue weighted by molar-refractivity contribution is -0.128. The Labute approximate surface area is 319 Å². The smallest absolute Gasteiger partial charge is 0.225 e. The number of carbonyl (C=O) groups excluding carboxylic acids is 6. The van der Waals surface area contributed by atoms with E-state index in [-0.39, 0.29) is 103 Å². The molecule has 0 radical (unpaired) electrons. The summed E-state index contributed by atoms with van der Waals surface area (Å²) in [6.45, 7) is 4.05. The molecule has 0 aromatic heterocycles. The monoisotopic (exact) mass is 764 g/mol. The van der Waals surface area contributed by atoms with Crippen molar-refractivity contribution in [3.63, 3.8) is 0 Å². The number of hydrogen-bond donors (Lipinski definition) is 5. The number of aldehydes is 1. The third-order valence-corrected chi connectivity index (χ3v) is 11.3. The molecule has 2 heterocycles. The van der Waals surface area contributed by atoms with Crippen LogP contribution in [-0.2, 0) is 47.7 Å². The minimum atomic E-state index is -0.364. The van der Waals surface area contributed by atoms with Gasteiger partial charge in [-0.05, 0) is 64.2 Å². The summed E-state index contributed by atoms with van der Waals surface area (Å²) in [5.41, 5.74) is -0.339. The van der Waals surface area contributed by atoms with Crippen LogP contribution in [0.4, 0.5) is 0 Å². The highest BCUT2D eigenvalue weighted by molar-refractivity contribution is 5.89. The number of amides is 5. The van der Waals surface area contributed by atoms with Crippen LogP contribution in [0.2, 0.25) is 0 Å². The first-order chi connectivity index (χ1) is 26.1. The average Bonchev–Trinajstić information content (AvgIpc) is 3.74. The molecule has 4 fully saturated rings. The van der Waals surface area contributed by atoms with Crippen molar-refractivity contribution in [2.75, 3.05) is 80.0 Å². The number of nitrogens with zero attached hydrogens (tertiary/aromatic N) is 1. The van der Waals surface area contributed by atoms with Gasteiger partial charge in [-0.25, -0.2) is 0 Å². The second kappa shape index (κ2) is 23.0. The van der Waals surface area contributed by atoms with E-state index in [0.29, 0.717) is 46.1 Å². The van der Waals surface area contributed by atoms with Gasteiger partial charge in [0.1, 0.15) is 6.29 Å². The predicted molar refractivity (Wildman–Crippen MR) is 198 cm³/mol. The lowest BCUT2D eigenvalue weighted by Gasteiger charge is -2.33. The lowest BCUT2D eigenvalue weighted by atomic mass is 9.82. The van der Waals surface area contributed by atoms with Gasteiger partial charge in [0.05, 0.1) is 45.1 Å². The Hall–Kier alpha value is -3.18. The number of hydrogen-bond acceptors (Lipinski definition) is 11. The molecule has 306 valence electrons. The maximum atomic E-state index is 12.9. The molecule has 0 bridgehead atoms. The molecule has 0 aromatic carbocycles. The Bertz CT molecular complexity index is 1230. The van der Waals surface area contributed by atoms with E-state index in [0.717, 1.165) is 77.1 Å². The zero-order chi connectivity index (χ0) is 38.8. The molecule has 2 saturated carbocycles. The molecule has 0 spiro atoms. The first-order valence-electron chi connectivity index (χ1n) is 19.9. The first-order valence-corrected chi connectivity index (χ1v) is 19.9. The molecule has 5 amide bonds. The van der Waals surface area contributed by atoms with Crippen molar-refractivity contribution in [1.29, 1.82) is 0 Å². The standard InChI is InChI=1S/C38H64N6O10/c1-44-24-28(22-35(44)48)37(50)41-15-9-33(46)39-16-19-53-21-20-52-18-11-34(47)43-29-6-4-27(5-7-29)36(49)40-14-3-12-38(26-45)13-8-30(23-38)42-31-10-17-54-25-32(31)51-2/h26-32,42H,3-25H2,1-2H3,(H,39,46)(H,40,49)(H,41,50)(H,43,47). The second-order valence-corrected chi connectivity index (χ2v) is 15.4. The van der Waals surface area contributed by atoms with Crippen LogP contribution in [0.5, 0.6) is 0 Å². The maximum absolute atomic E-state index is 12.9. The van der Waals surface area contributed by atoms with Gasteiger partial charge in [0, 0.05) is 95.7 Å². The minimum Gasteiger partial charge on any atom is -0.379 e. The van der Waals surface area contributed by atoms with Crippen molar-refractivity contribution < 1.29 is 47.7 Å². The van der Waals surface area contributed by atoms with Gasteiger partial charge < -0.3 is 55.2 Å². The van der Waals surface area contributed by atoms with Crippen LogP contribution >= 0.6 is 0 Å². The Morgan fingerprint density at radius 1 is 0.852 bits per heavy atom. The molecule has 5 atom stereocenters. The predicted octanol–water partition coefficient (Wildman–Crippen LogP) is 0.213. The van der Waals surface area contributed by atoms with Gasteiger partial charge in [0.15, 0.2) is 0 Å². The van der Waals surface area contributed by atoms with Gasteiger partial charge in [0.2, 0.25) is 29.5 Å². The molecule has 4 aliphatic rings. The number of carbonyl (C=O) groups is 6. The molecule has 0 aromatic rings. The van der Waals surface area contributed by atoms with E-state index in [1.54, 1.807) is 14.2 Å². The van der Waals surface area contributed by atoms with Crippen LogP contribution in [0.15, 0.2) is 0 Å². The molecule has 4 rings (SSSR count). The van der Waals surface area contributed by atoms with E-state index in [9.17, 15) is 28.8 Å². The molecule has 16 heteroatoms. The van der Waals surface area contributed by atoms with E-state index >= 15 is 0 Å². The SMILES string of the molecule is COC1COCCC1NC1CCC(C=O)(CCCNC(=O)C2CCC(NC(=O)CCOCCOCCNC(=O)CCNC(=O)C3CC(=O)N(C)C3)CC2)C1. The maximum Gasteiger partial charge on any atom is 0.225 e. The van der Waals surface area contributed by atoms with Crippen LogP contribution < -0.4 is 26.6 Å². The second-order valence-electron chi connectivity index (χ2n) is 15.4. The van der Waals surface area contributed by atoms with E-state index in [1.165, 1.54) is 4.90 Å². The first kappa shape index (κ1) is 43.5. The topological polar surface area (TPSA) is 203 Å². The minimum absolute atomic E-state index is 0.0350. The van der Waals surface area contributed by atoms with Crippen molar-refractivity contribution in [2.45, 2.75) is 108 Å². The number of rotatable bonds is 23. The highest BCUT2D eigenvalue weighted by Crippen LogP contribution is 2.40. The fourth-order valence-corrected chi connectivity index (χ4v) is 8.05. The number of ether oxygens (including phenoxy) is 4. The molecular formula is C38H64N6O10. The summed E-state index contributed by atoms with van der Waals surface area (Å²) >= 11 is 0. The van der Waals surface area contributed by atoms with E-state index < -0.39 is 0 Å². The molecule has 54 heavy (non-hydrogen) atoms. The summed E-state index contributed by atoms with van der Waals surface area (Å²) < 4.78 is 22.1. The van der Waals surface area contributed by atoms with Crippen molar-refractivity contribution in [1.82, 2.24) is 31.5 Å². The van der Waals surface area contributed by atoms with Gasteiger partial charge in [-0.3, -0.25) is 24.0 Å². The Balaban J connectivity index is 0.941. The van der Waals surface area contributed by atoms with Crippen LogP contribution in [0.1, 0.15) is 83.5 Å². The van der Waals surface area contributed by atoms with Gasteiger partial charge in [0.25, 0.3) is 0 Å². The van der Waals surface area contributed by atoms with Crippen LogP contribution in [0.25, 0.3) is 0 Å². The Morgan fingerprint density at radius 3 is 2.31 bits per heavy atom. The highest BCUT2D eigenvalue weighted by Gasteiger charge is 2.40. The molecule has 2 aliphatic carbocycles. The fourth-order valence-electron chi connectivity index (χ4n) is 8.05. The van der Waals surface area contributed by atoms with Crippen molar-refractivity contribution in [2.24, 2.45) is 17.3 Å². The Morgan fingerprint density at radius 2 is 1.59 bits per heavy atom. The summed E-state index contributed by atoms with van der Waals surface area (Å²) in [6.07, 6.45) is 9.78. The lowest BCUT2D eigenvalue weighted by Crippen LogP contribution is -2.50. The number of nitrogens with one attached hydrogen (secondary N) is 5. The van der Waals surface area contributed by atoms with Gasteiger partial charge in [-0.15, -0.1) is 0 Å². The fraction of sp³-hybridized carbons (Fsp3) is 0.842. The van der Waals surface area contributed by atoms with Crippen molar-refractivity contribution in [3.8, 4) is 0 Å². The van der Waals surface area contributed by atoms with Gasteiger partial charge >= 0.3 is 0 Å². The van der Waals surface area contributed by atoms with E-state index in [2.05, 4.69) is 26.6 Å². The third kappa shape index (κ3) is 14.5. The largest absolute Gasteiger partial charge is 0.379 e. The molecular weight excluding hydrogens is 700 g/mol. The van der Waals surface area contributed by atoms with Gasteiger partial charge in [-0.2, -0.15) is 0 Å². The summed E-state index contributed by atoms with van der Waals surface area (Å²) in [5.74, 6) is -0.907. The summed E-state index contributed by atoms with van der Waals surface area (Å²) in [4.78, 5) is 74.6. The van der Waals surface area contributed by atoms with Crippen molar-refractivity contribution in [3.05, 3.63) is 0 Å². The molecule has 5 unspecified atom stereocenters. The summed E-state index contributed by atoms with van der Waals surface area (Å²) in [5, 5.41) is 15.3. The van der Waals surface area contributed by atoms with E-state index in [4.69, 9.17) is 18.9 Å². The quantitative estimate of drug-likeness (QED) is 0.0704. The third-order valence-electron chi connectivity index (χ3n) is 11.3. The Kier molecular flexibility index (Phi) is 18.6. The zero-order valence-electron chi connectivity index (χ0n) is 32.3. The average molecular weight is 765 g/mol. The van der Waals surface area contributed by atoms with E-state index in [1.807, 2.05) is 0 Å². The zero-order valence-corrected chi connectivity index (χ0v) is 32.3. The highest BCUT2D eigenvalue weighted by atomic mass is 16.5. The molecule has 2 aliphatic heterocycles. The van der Waals surface area contributed by atoms with Crippen LogP contribution in [-0.4, -0.2) is 145 Å². The normalized spacial score (nSPS) is 28.4. The number of methoxy groups -OCH3 is 1. The molecule has 16 nitrogen and oxygen atoms in total. The summed E-state index contributed by atoms with van der Waals surface area (Å²) in [7, 11) is 3.38. The van der Waals surface area contributed by atoms with Gasteiger partial charge in [-0.1, -0.05) is 0 Å². The molecule has 5 N–H and O–H groups in total. The van der Waals surface area contributed by atoms with Crippen LogP contribution in [0.3, 0.4) is 0 Å². The summed E-state index contributed by atoms with van der Waals surface area (Å²) in [6, 6.07) is 0.579. The molecule has 2 saturated heterocycles. The van der Waals surface area contributed by atoms with Crippen LogP contribution in [0, 0.1) is 17.3 Å².